The van der Waals surface area contributed by atoms with E-state index in [4.69, 9.17) is 5.11 Å². The van der Waals surface area contributed by atoms with E-state index in [-0.39, 0.29) is 12.1 Å². The lowest BCUT2D eigenvalue weighted by molar-refractivity contribution is 0.198. The Balaban J connectivity index is 2.25. The van der Waals surface area contributed by atoms with Gasteiger partial charge in [0.15, 0.2) is 0 Å². The van der Waals surface area contributed by atoms with Crippen LogP contribution in [0.4, 0.5) is 0 Å². The fraction of sp³-hybridized carbons (Fsp3) is 0.846. The molecule has 16 heavy (non-hydrogen) atoms. The number of nitrogens with one attached hydrogen (secondary N) is 1. The second kappa shape index (κ2) is 5.80. The molecule has 1 saturated carbocycles. The predicted molar refractivity (Wildman–Crippen MR) is 68.6 cm³/mol. The lowest BCUT2D eigenvalue weighted by atomic mass is 10.1. The molecule has 0 aromatic rings. The summed E-state index contributed by atoms with van der Waals surface area (Å²) >= 11 is 0. The van der Waals surface area contributed by atoms with Gasteiger partial charge in [-0.3, -0.25) is 4.90 Å². The van der Waals surface area contributed by atoms with E-state index >= 15 is 0 Å². The lowest BCUT2D eigenvalue weighted by Gasteiger charge is -2.25. The number of hydrogen-bond acceptors (Lipinski definition) is 3. The van der Waals surface area contributed by atoms with Crippen LogP contribution in [0.25, 0.3) is 0 Å². The molecule has 0 atom stereocenters. The molecule has 1 rings (SSSR count). The molecule has 0 amide bonds. The molecule has 0 heterocycles. The van der Waals surface area contributed by atoms with Crippen molar-refractivity contribution in [3.05, 3.63) is 12.2 Å². The quantitative estimate of drug-likeness (QED) is 0.644. The van der Waals surface area contributed by atoms with Crippen LogP contribution in [0.3, 0.4) is 0 Å². The highest BCUT2D eigenvalue weighted by Crippen LogP contribution is 2.26. The number of rotatable bonds is 7. The first kappa shape index (κ1) is 13.7. The molecule has 1 fully saturated rings. The zero-order valence-electron chi connectivity index (χ0n) is 10.9. The fourth-order valence-electron chi connectivity index (χ4n) is 1.69. The van der Waals surface area contributed by atoms with Gasteiger partial charge in [0.1, 0.15) is 0 Å². The molecule has 0 unspecified atom stereocenters. The Morgan fingerprint density at radius 3 is 2.50 bits per heavy atom. The van der Waals surface area contributed by atoms with Crippen LogP contribution in [0.1, 0.15) is 33.6 Å². The monoisotopic (exact) mass is 226 g/mol. The van der Waals surface area contributed by atoms with Crippen molar-refractivity contribution in [2.45, 2.75) is 45.2 Å². The number of hydrogen-bond donors (Lipinski definition) is 2. The summed E-state index contributed by atoms with van der Waals surface area (Å²) in [4.78, 5) is 2.34. The zero-order chi connectivity index (χ0) is 12.2. The van der Waals surface area contributed by atoms with Crippen LogP contribution in [0, 0.1) is 0 Å². The molecular weight excluding hydrogens is 200 g/mol. The largest absolute Gasteiger partial charge is 0.395 e. The van der Waals surface area contributed by atoms with Crippen LogP contribution in [0.5, 0.6) is 0 Å². The first-order chi connectivity index (χ1) is 7.42. The van der Waals surface area contributed by atoms with Crippen LogP contribution in [0.2, 0.25) is 0 Å². The summed E-state index contributed by atoms with van der Waals surface area (Å²) in [7, 11) is 0. The third-order valence-corrected chi connectivity index (χ3v) is 2.75. The minimum atomic E-state index is 0.143. The Hall–Kier alpha value is -0.380. The van der Waals surface area contributed by atoms with Gasteiger partial charge in [0, 0.05) is 31.2 Å². The van der Waals surface area contributed by atoms with Gasteiger partial charge in [-0.1, -0.05) is 6.58 Å². The lowest BCUT2D eigenvalue weighted by Crippen LogP contribution is -2.39. The molecule has 0 spiro atoms. The van der Waals surface area contributed by atoms with Crippen LogP contribution in [-0.2, 0) is 0 Å². The van der Waals surface area contributed by atoms with Crippen LogP contribution in [-0.4, -0.2) is 47.8 Å². The summed E-state index contributed by atoms with van der Waals surface area (Å²) in [6, 6.07) is 0.693. The van der Waals surface area contributed by atoms with Crippen LogP contribution >= 0.6 is 0 Å². The maximum absolute atomic E-state index is 9.00. The smallest absolute Gasteiger partial charge is 0.0558 e. The Morgan fingerprint density at radius 2 is 2.06 bits per heavy atom. The molecule has 2 N–H and O–H groups in total. The molecule has 3 heteroatoms. The molecule has 94 valence electrons. The van der Waals surface area contributed by atoms with Gasteiger partial charge in [-0.15, -0.1) is 0 Å². The van der Waals surface area contributed by atoms with E-state index in [0.717, 1.165) is 19.6 Å². The van der Waals surface area contributed by atoms with Crippen LogP contribution in [0.15, 0.2) is 12.2 Å². The summed E-state index contributed by atoms with van der Waals surface area (Å²) in [5.74, 6) is 0. The van der Waals surface area contributed by atoms with Crippen molar-refractivity contribution in [2.75, 3.05) is 26.2 Å². The highest BCUT2D eigenvalue weighted by molar-refractivity contribution is 5.03. The van der Waals surface area contributed by atoms with E-state index in [9.17, 15) is 0 Å². The topological polar surface area (TPSA) is 35.5 Å². The van der Waals surface area contributed by atoms with Gasteiger partial charge >= 0.3 is 0 Å². The molecule has 0 radical (unpaired) electrons. The first-order valence-corrected chi connectivity index (χ1v) is 6.19. The van der Waals surface area contributed by atoms with Gasteiger partial charge in [-0.25, -0.2) is 0 Å². The number of aliphatic hydroxyl groups is 1. The standard InChI is InChI=1S/C13H26N2O/c1-11(9-14-13(2,3)4)10-15(7-8-16)12-5-6-12/h12,14,16H,1,5-10H2,2-4H3. The summed E-state index contributed by atoms with van der Waals surface area (Å²) < 4.78 is 0. The molecule has 0 saturated heterocycles. The van der Waals surface area contributed by atoms with Gasteiger partial charge in [0.25, 0.3) is 0 Å². The maximum atomic E-state index is 9.00. The highest BCUT2D eigenvalue weighted by Gasteiger charge is 2.28. The Labute approximate surface area is 99.5 Å². The van der Waals surface area contributed by atoms with Crippen molar-refractivity contribution >= 4 is 0 Å². The minimum absolute atomic E-state index is 0.143. The van der Waals surface area contributed by atoms with Gasteiger partial charge in [-0.05, 0) is 39.2 Å². The van der Waals surface area contributed by atoms with E-state index in [1.165, 1.54) is 18.4 Å². The van der Waals surface area contributed by atoms with Crippen molar-refractivity contribution in [1.29, 1.82) is 0 Å². The van der Waals surface area contributed by atoms with E-state index in [2.05, 4.69) is 37.6 Å². The van der Waals surface area contributed by atoms with Crippen molar-refractivity contribution in [1.82, 2.24) is 10.2 Å². The van der Waals surface area contributed by atoms with Gasteiger partial charge in [-0.2, -0.15) is 0 Å². The third kappa shape index (κ3) is 5.64. The van der Waals surface area contributed by atoms with Crippen LogP contribution < -0.4 is 5.32 Å². The highest BCUT2D eigenvalue weighted by atomic mass is 16.3. The van der Waals surface area contributed by atoms with Gasteiger partial charge < -0.3 is 10.4 Å². The minimum Gasteiger partial charge on any atom is -0.395 e. The molecule has 1 aliphatic rings. The normalized spacial score (nSPS) is 16.8. The average molecular weight is 226 g/mol. The summed E-state index contributed by atoms with van der Waals surface area (Å²) in [6.07, 6.45) is 2.56. The van der Waals surface area contributed by atoms with E-state index in [1.807, 2.05) is 0 Å². The van der Waals surface area contributed by atoms with Gasteiger partial charge in [0.2, 0.25) is 0 Å². The van der Waals surface area contributed by atoms with Crippen molar-refractivity contribution in [3.63, 3.8) is 0 Å². The third-order valence-electron chi connectivity index (χ3n) is 2.75. The summed E-state index contributed by atoms with van der Waals surface area (Å²) in [5.41, 5.74) is 1.35. The van der Waals surface area contributed by atoms with Crippen molar-refractivity contribution < 1.29 is 5.11 Å². The van der Waals surface area contributed by atoms with E-state index in [0.29, 0.717) is 6.04 Å². The summed E-state index contributed by atoms with van der Waals surface area (Å²) in [6.45, 7) is 13.4. The van der Waals surface area contributed by atoms with Crippen molar-refractivity contribution in [2.24, 2.45) is 0 Å². The Kier molecular flexibility index (Phi) is 4.96. The molecule has 1 aliphatic carbocycles. The molecule has 0 aromatic heterocycles. The van der Waals surface area contributed by atoms with Crippen molar-refractivity contribution in [3.8, 4) is 0 Å². The zero-order valence-corrected chi connectivity index (χ0v) is 10.9. The second-order valence-electron chi connectivity index (χ2n) is 5.78. The fourth-order valence-corrected chi connectivity index (χ4v) is 1.69. The maximum Gasteiger partial charge on any atom is 0.0558 e. The van der Waals surface area contributed by atoms with E-state index < -0.39 is 0 Å². The average Bonchev–Trinajstić information content (AvgIpc) is 2.96. The molecule has 0 aliphatic heterocycles. The Bertz CT molecular complexity index is 229. The molecule has 0 bridgehead atoms. The SMILES string of the molecule is C=C(CNC(C)(C)C)CN(CCO)C1CC1. The molecule has 0 aromatic carbocycles. The van der Waals surface area contributed by atoms with Gasteiger partial charge in [0.05, 0.1) is 6.61 Å². The summed E-state index contributed by atoms with van der Waals surface area (Å²) in [5, 5.41) is 12.4. The Morgan fingerprint density at radius 1 is 1.44 bits per heavy atom. The number of aliphatic hydroxyl groups excluding tert-OH is 1. The first-order valence-electron chi connectivity index (χ1n) is 6.19. The molecule has 3 nitrogen and oxygen atoms in total. The second-order valence-corrected chi connectivity index (χ2v) is 5.78. The predicted octanol–water partition coefficient (Wildman–Crippen LogP) is 1.39. The number of nitrogens with zero attached hydrogens (tertiary/aromatic N) is 1. The van der Waals surface area contributed by atoms with E-state index in [1.54, 1.807) is 0 Å². The molecular formula is C13H26N2O.